The topological polar surface area (TPSA) is 35.2 Å². The van der Waals surface area contributed by atoms with Gasteiger partial charge in [0, 0.05) is 6.54 Å². The monoisotopic (exact) mass is 197 g/mol. The standard InChI is InChI=1S/C11H16FNO/c1-2-9-4-3-5-11(6-9)14-8-10(12)7-13/h3-6,10H,2,7-8,13H2,1H3/t10-/m0/s1. The number of ether oxygens (including phenoxy) is 1. The molecule has 0 heterocycles. The Hall–Kier alpha value is -1.09. The summed E-state index contributed by atoms with van der Waals surface area (Å²) in [7, 11) is 0. The molecule has 0 saturated heterocycles. The first-order chi connectivity index (χ1) is 6.76. The maximum absolute atomic E-state index is 12.8. The van der Waals surface area contributed by atoms with Crippen LogP contribution >= 0.6 is 0 Å². The van der Waals surface area contributed by atoms with E-state index in [2.05, 4.69) is 6.92 Å². The van der Waals surface area contributed by atoms with Gasteiger partial charge >= 0.3 is 0 Å². The lowest BCUT2D eigenvalue weighted by Crippen LogP contribution is -2.22. The molecule has 0 aliphatic heterocycles. The lowest BCUT2D eigenvalue weighted by molar-refractivity contribution is 0.201. The third-order valence-electron chi connectivity index (χ3n) is 1.99. The molecule has 1 atom stereocenters. The van der Waals surface area contributed by atoms with E-state index in [1.807, 2.05) is 24.3 Å². The number of nitrogens with two attached hydrogens (primary N) is 1. The van der Waals surface area contributed by atoms with Crippen LogP contribution in [-0.2, 0) is 6.42 Å². The summed E-state index contributed by atoms with van der Waals surface area (Å²) in [4.78, 5) is 0. The van der Waals surface area contributed by atoms with Crippen molar-refractivity contribution in [1.82, 2.24) is 0 Å². The van der Waals surface area contributed by atoms with Gasteiger partial charge in [-0.2, -0.15) is 0 Å². The molecular formula is C11H16FNO. The molecular weight excluding hydrogens is 181 g/mol. The van der Waals surface area contributed by atoms with Gasteiger partial charge in [-0.05, 0) is 24.1 Å². The van der Waals surface area contributed by atoms with Crippen LogP contribution in [0.1, 0.15) is 12.5 Å². The summed E-state index contributed by atoms with van der Waals surface area (Å²) < 4.78 is 18.0. The number of benzene rings is 1. The van der Waals surface area contributed by atoms with Crippen molar-refractivity contribution in [3.8, 4) is 5.75 Å². The summed E-state index contributed by atoms with van der Waals surface area (Å²) in [6, 6.07) is 7.66. The molecule has 0 spiro atoms. The summed E-state index contributed by atoms with van der Waals surface area (Å²) in [5, 5.41) is 0. The molecule has 3 heteroatoms. The normalized spacial score (nSPS) is 12.5. The van der Waals surface area contributed by atoms with Crippen molar-refractivity contribution < 1.29 is 9.13 Å². The second kappa shape index (κ2) is 5.60. The molecule has 0 radical (unpaired) electrons. The highest BCUT2D eigenvalue weighted by atomic mass is 19.1. The lowest BCUT2D eigenvalue weighted by atomic mass is 10.2. The van der Waals surface area contributed by atoms with E-state index in [0.29, 0.717) is 5.75 Å². The molecule has 2 nitrogen and oxygen atoms in total. The maximum atomic E-state index is 12.8. The van der Waals surface area contributed by atoms with Gasteiger partial charge in [-0.3, -0.25) is 0 Å². The fraction of sp³-hybridized carbons (Fsp3) is 0.455. The van der Waals surface area contributed by atoms with Crippen LogP contribution in [0.3, 0.4) is 0 Å². The zero-order chi connectivity index (χ0) is 10.4. The van der Waals surface area contributed by atoms with Crippen LogP contribution in [0.5, 0.6) is 5.75 Å². The predicted octanol–water partition coefficient (Wildman–Crippen LogP) is 1.92. The summed E-state index contributed by atoms with van der Waals surface area (Å²) in [5.74, 6) is 0.709. The van der Waals surface area contributed by atoms with E-state index < -0.39 is 6.17 Å². The summed E-state index contributed by atoms with van der Waals surface area (Å²) in [5.41, 5.74) is 6.32. The number of aryl methyl sites for hydroxylation is 1. The van der Waals surface area contributed by atoms with Gasteiger partial charge in [-0.25, -0.2) is 4.39 Å². The van der Waals surface area contributed by atoms with Crippen molar-refractivity contribution in [3.05, 3.63) is 29.8 Å². The van der Waals surface area contributed by atoms with Crippen LogP contribution in [0.2, 0.25) is 0 Å². The summed E-state index contributed by atoms with van der Waals surface area (Å²) in [6.07, 6.45) is -0.132. The number of rotatable bonds is 5. The van der Waals surface area contributed by atoms with E-state index in [1.165, 1.54) is 5.56 Å². The lowest BCUT2D eigenvalue weighted by Gasteiger charge is -2.09. The minimum atomic E-state index is -1.08. The quantitative estimate of drug-likeness (QED) is 0.782. The minimum Gasteiger partial charge on any atom is -0.491 e. The molecule has 1 rings (SSSR count). The molecule has 0 unspecified atom stereocenters. The fourth-order valence-corrected chi connectivity index (χ4v) is 1.11. The zero-order valence-corrected chi connectivity index (χ0v) is 8.37. The van der Waals surface area contributed by atoms with Gasteiger partial charge in [-0.15, -0.1) is 0 Å². The largest absolute Gasteiger partial charge is 0.491 e. The Morgan fingerprint density at radius 3 is 2.93 bits per heavy atom. The highest BCUT2D eigenvalue weighted by molar-refractivity contribution is 5.28. The first-order valence-corrected chi connectivity index (χ1v) is 4.82. The van der Waals surface area contributed by atoms with Gasteiger partial charge in [0.1, 0.15) is 18.5 Å². The number of hydrogen-bond acceptors (Lipinski definition) is 2. The highest BCUT2D eigenvalue weighted by Gasteiger charge is 2.04. The predicted molar refractivity (Wildman–Crippen MR) is 55.3 cm³/mol. The Bertz CT molecular complexity index is 278. The molecule has 0 amide bonds. The molecule has 2 N–H and O–H groups in total. The van der Waals surface area contributed by atoms with Crippen LogP contribution in [0.25, 0.3) is 0 Å². The average Bonchev–Trinajstić information content (AvgIpc) is 2.26. The van der Waals surface area contributed by atoms with Gasteiger partial charge in [-0.1, -0.05) is 19.1 Å². The third kappa shape index (κ3) is 3.34. The maximum Gasteiger partial charge on any atom is 0.146 e. The molecule has 14 heavy (non-hydrogen) atoms. The Kier molecular flexibility index (Phi) is 4.40. The van der Waals surface area contributed by atoms with Crippen LogP contribution < -0.4 is 10.5 Å². The number of hydrogen-bond donors (Lipinski definition) is 1. The Morgan fingerprint density at radius 1 is 1.50 bits per heavy atom. The highest BCUT2D eigenvalue weighted by Crippen LogP contribution is 2.13. The molecule has 1 aromatic carbocycles. The second-order valence-electron chi connectivity index (χ2n) is 3.14. The van der Waals surface area contributed by atoms with Crippen LogP contribution in [0, 0.1) is 0 Å². The Labute approximate surface area is 83.9 Å². The van der Waals surface area contributed by atoms with Crippen molar-refractivity contribution in [2.45, 2.75) is 19.5 Å². The smallest absolute Gasteiger partial charge is 0.146 e. The van der Waals surface area contributed by atoms with Gasteiger partial charge < -0.3 is 10.5 Å². The molecule has 0 aliphatic rings. The van der Waals surface area contributed by atoms with Gasteiger partial charge in [0.05, 0.1) is 0 Å². The molecule has 0 aromatic heterocycles. The molecule has 0 aliphatic carbocycles. The van der Waals surface area contributed by atoms with Crippen molar-refractivity contribution in [2.75, 3.05) is 13.2 Å². The van der Waals surface area contributed by atoms with Crippen molar-refractivity contribution in [1.29, 1.82) is 0 Å². The summed E-state index contributed by atoms with van der Waals surface area (Å²) >= 11 is 0. The Balaban J connectivity index is 2.50. The first kappa shape index (κ1) is 11.0. The van der Waals surface area contributed by atoms with Crippen molar-refractivity contribution in [3.63, 3.8) is 0 Å². The van der Waals surface area contributed by atoms with E-state index >= 15 is 0 Å². The van der Waals surface area contributed by atoms with E-state index in [0.717, 1.165) is 6.42 Å². The minimum absolute atomic E-state index is 0.00741. The van der Waals surface area contributed by atoms with E-state index in [9.17, 15) is 4.39 Å². The van der Waals surface area contributed by atoms with E-state index in [1.54, 1.807) is 0 Å². The van der Waals surface area contributed by atoms with Crippen molar-refractivity contribution >= 4 is 0 Å². The van der Waals surface area contributed by atoms with Crippen LogP contribution in [0.4, 0.5) is 4.39 Å². The fourth-order valence-electron chi connectivity index (χ4n) is 1.11. The van der Waals surface area contributed by atoms with Crippen LogP contribution in [-0.4, -0.2) is 19.3 Å². The molecule has 0 saturated carbocycles. The SMILES string of the molecule is CCc1cccc(OC[C@@H](F)CN)c1. The summed E-state index contributed by atoms with van der Waals surface area (Å²) in [6.45, 7) is 2.11. The molecule has 1 aromatic rings. The van der Waals surface area contributed by atoms with Gasteiger partial charge in [0.25, 0.3) is 0 Å². The van der Waals surface area contributed by atoms with E-state index in [-0.39, 0.29) is 13.2 Å². The zero-order valence-electron chi connectivity index (χ0n) is 8.37. The van der Waals surface area contributed by atoms with Gasteiger partial charge in [0.15, 0.2) is 0 Å². The number of halogens is 1. The van der Waals surface area contributed by atoms with Crippen LogP contribution in [0.15, 0.2) is 24.3 Å². The average molecular weight is 197 g/mol. The first-order valence-electron chi connectivity index (χ1n) is 4.82. The molecule has 0 fully saturated rings. The number of alkyl halides is 1. The second-order valence-corrected chi connectivity index (χ2v) is 3.14. The molecule has 78 valence electrons. The van der Waals surface area contributed by atoms with E-state index in [4.69, 9.17) is 10.5 Å². The Morgan fingerprint density at radius 2 is 2.29 bits per heavy atom. The third-order valence-corrected chi connectivity index (χ3v) is 1.99. The van der Waals surface area contributed by atoms with Crippen molar-refractivity contribution in [2.24, 2.45) is 5.73 Å². The molecule has 0 bridgehead atoms. The van der Waals surface area contributed by atoms with Gasteiger partial charge in [0.2, 0.25) is 0 Å².